The molecule has 2 unspecified atom stereocenters. The quantitative estimate of drug-likeness (QED) is 0.807. The lowest BCUT2D eigenvalue weighted by Gasteiger charge is -2.39. The van der Waals surface area contributed by atoms with Gasteiger partial charge in [-0.3, -0.25) is 0 Å². The van der Waals surface area contributed by atoms with Crippen LogP contribution in [0.25, 0.3) is 0 Å². The third-order valence-corrected chi connectivity index (χ3v) is 5.34. The van der Waals surface area contributed by atoms with Gasteiger partial charge in [0.15, 0.2) is 0 Å². The summed E-state index contributed by atoms with van der Waals surface area (Å²) in [6, 6.07) is 1.59. The molecule has 3 nitrogen and oxygen atoms in total. The lowest BCUT2D eigenvalue weighted by Crippen LogP contribution is -2.45. The van der Waals surface area contributed by atoms with Gasteiger partial charge in [0.1, 0.15) is 0 Å². The minimum Gasteiger partial charge on any atom is -0.314 e. The normalized spacial score (nSPS) is 30.0. The highest BCUT2D eigenvalue weighted by Crippen LogP contribution is 2.25. The maximum atomic E-state index is 3.73. The van der Waals surface area contributed by atoms with Crippen LogP contribution in [-0.2, 0) is 0 Å². The van der Waals surface area contributed by atoms with Crippen LogP contribution in [0.1, 0.15) is 51.9 Å². The molecule has 2 fully saturated rings. The van der Waals surface area contributed by atoms with Crippen molar-refractivity contribution in [3.8, 4) is 0 Å². The predicted molar refractivity (Wildman–Crippen MR) is 87.2 cm³/mol. The summed E-state index contributed by atoms with van der Waals surface area (Å²) in [7, 11) is 4.62. The molecule has 2 atom stereocenters. The van der Waals surface area contributed by atoms with E-state index in [-0.39, 0.29) is 0 Å². The maximum absolute atomic E-state index is 3.73. The molecule has 2 aliphatic rings. The fraction of sp³-hybridized carbons (Fsp3) is 1.00. The number of hydrogen-bond donors (Lipinski definition) is 1. The first-order valence-corrected chi connectivity index (χ1v) is 8.81. The summed E-state index contributed by atoms with van der Waals surface area (Å²) in [5.74, 6) is 0.931. The lowest BCUT2D eigenvalue weighted by molar-refractivity contribution is 0.120. The highest BCUT2D eigenvalue weighted by Gasteiger charge is 2.26. The second-order valence-electron chi connectivity index (χ2n) is 7.16. The minimum absolute atomic E-state index is 0.772. The molecule has 0 amide bonds. The van der Waals surface area contributed by atoms with Crippen molar-refractivity contribution in [1.29, 1.82) is 0 Å². The molecule has 1 aliphatic heterocycles. The van der Waals surface area contributed by atoms with Gasteiger partial charge in [0, 0.05) is 18.6 Å². The van der Waals surface area contributed by atoms with E-state index in [4.69, 9.17) is 0 Å². The average Bonchev–Trinajstić information content (AvgIpc) is 2.48. The van der Waals surface area contributed by atoms with Crippen LogP contribution < -0.4 is 5.32 Å². The fourth-order valence-electron chi connectivity index (χ4n) is 3.90. The first-order chi connectivity index (χ1) is 9.69. The summed E-state index contributed by atoms with van der Waals surface area (Å²) in [5.41, 5.74) is 0. The molecule has 0 aromatic heterocycles. The molecule has 1 heterocycles. The number of hydrogen-bond acceptors (Lipinski definition) is 3. The average molecular weight is 281 g/mol. The second-order valence-corrected chi connectivity index (χ2v) is 7.16. The summed E-state index contributed by atoms with van der Waals surface area (Å²) in [4.78, 5) is 5.15. The Labute approximate surface area is 126 Å². The Bertz CT molecular complexity index is 261. The molecule has 0 radical (unpaired) electrons. The van der Waals surface area contributed by atoms with Crippen LogP contribution in [0.15, 0.2) is 0 Å². The molecule has 1 saturated heterocycles. The van der Waals surface area contributed by atoms with Gasteiger partial charge >= 0.3 is 0 Å². The zero-order valence-corrected chi connectivity index (χ0v) is 13.9. The predicted octanol–water partition coefficient (Wildman–Crippen LogP) is 2.57. The smallest absolute Gasteiger partial charge is 0.0107 e. The molecule has 1 aliphatic carbocycles. The Balaban J connectivity index is 1.72. The van der Waals surface area contributed by atoms with E-state index in [1.165, 1.54) is 71.1 Å². The van der Waals surface area contributed by atoms with Gasteiger partial charge in [-0.25, -0.2) is 0 Å². The van der Waals surface area contributed by atoms with E-state index in [0.29, 0.717) is 0 Å². The molecule has 0 spiro atoms. The molecule has 0 aromatic carbocycles. The van der Waals surface area contributed by atoms with Gasteiger partial charge in [0.2, 0.25) is 0 Å². The van der Waals surface area contributed by atoms with Crippen molar-refractivity contribution < 1.29 is 0 Å². The SMILES string of the molecule is CCCNC1CCCC(N(C)CC2CCN(C)CC2)C1. The Morgan fingerprint density at radius 3 is 2.60 bits per heavy atom. The van der Waals surface area contributed by atoms with Crippen molar-refractivity contribution in [3.63, 3.8) is 0 Å². The van der Waals surface area contributed by atoms with Gasteiger partial charge in [0.05, 0.1) is 0 Å². The Morgan fingerprint density at radius 1 is 1.15 bits per heavy atom. The highest BCUT2D eigenvalue weighted by molar-refractivity contribution is 4.84. The van der Waals surface area contributed by atoms with Crippen molar-refractivity contribution in [1.82, 2.24) is 15.1 Å². The summed E-state index contributed by atoms with van der Waals surface area (Å²) in [5, 5.41) is 3.73. The summed E-state index contributed by atoms with van der Waals surface area (Å²) >= 11 is 0. The molecule has 3 heteroatoms. The van der Waals surface area contributed by atoms with Gasteiger partial charge in [0.25, 0.3) is 0 Å². The number of piperidine rings is 1. The molecular formula is C17H35N3. The van der Waals surface area contributed by atoms with Crippen molar-refractivity contribution in [2.24, 2.45) is 5.92 Å². The van der Waals surface area contributed by atoms with Crippen molar-refractivity contribution in [2.45, 2.75) is 64.0 Å². The van der Waals surface area contributed by atoms with E-state index in [1.807, 2.05) is 0 Å². The summed E-state index contributed by atoms with van der Waals surface area (Å²) < 4.78 is 0. The Morgan fingerprint density at radius 2 is 1.90 bits per heavy atom. The molecule has 0 bridgehead atoms. The first kappa shape index (κ1) is 16.3. The van der Waals surface area contributed by atoms with Crippen LogP contribution in [0.4, 0.5) is 0 Å². The second kappa shape index (κ2) is 8.35. The van der Waals surface area contributed by atoms with Crippen LogP contribution in [0, 0.1) is 5.92 Å². The van der Waals surface area contributed by atoms with Gasteiger partial charge in [-0.1, -0.05) is 13.3 Å². The number of nitrogens with one attached hydrogen (secondary N) is 1. The number of likely N-dealkylation sites (tertiary alicyclic amines) is 1. The molecule has 1 saturated carbocycles. The van der Waals surface area contributed by atoms with Gasteiger partial charge in [-0.05, 0) is 78.2 Å². The molecule has 2 rings (SSSR count). The molecule has 20 heavy (non-hydrogen) atoms. The van der Waals surface area contributed by atoms with E-state index in [2.05, 4.69) is 36.1 Å². The zero-order chi connectivity index (χ0) is 14.4. The Kier molecular flexibility index (Phi) is 6.79. The topological polar surface area (TPSA) is 18.5 Å². The number of nitrogens with zero attached hydrogens (tertiary/aromatic N) is 2. The maximum Gasteiger partial charge on any atom is 0.0107 e. The van der Waals surface area contributed by atoms with Crippen LogP contribution >= 0.6 is 0 Å². The summed E-state index contributed by atoms with van der Waals surface area (Å²) in [6.45, 7) is 7.36. The van der Waals surface area contributed by atoms with Gasteiger partial charge in [-0.2, -0.15) is 0 Å². The van der Waals surface area contributed by atoms with Gasteiger partial charge in [-0.15, -0.1) is 0 Å². The van der Waals surface area contributed by atoms with Crippen LogP contribution in [0.5, 0.6) is 0 Å². The highest BCUT2D eigenvalue weighted by atomic mass is 15.1. The van der Waals surface area contributed by atoms with E-state index in [1.54, 1.807) is 0 Å². The third kappa shape index (κ3) is 5.01. The molecular weight excluding hydrogens is 246 g/mol. The zero-order valence-electron chi connectivity index (χ0n) is 13.9. The van der Waals surface area contributed by atoms with Crippen molar-refractivity contribution in [2.75, 3.05) is 40.3 Å². The monoisotopic (exact) mass is 281 g/mol. The minimum atomic E-state index is 0.772. The lowest BCUT2D eigenvalue weighted by atomic mass is 9.88. The largest absolute Gasteiger partial charge is 0.314 e. The van der Waals surface area contributed by atoms with E-state index in [0.717, 1.165) is 18.0 Å². The fourth-order valence-corrected chi connectivity index (χ4v) is 3.90. The molecule has 118 valence electrons. The molecule has 1 N–H and O–H groups in total. The van der Waals surface area contributed by atoms with Gasteiger partial charge < -0.3 is 15.1 Å². The number of rotatable bonds is 6. The standard InChI is InChI=1S/C17H35N3/c1-4-10-18-16-6-5-7-17(13-16)20(3)14-15-8-11-19(2)12-9-15/h15-18H,4-14H2,1-3H3. The van der Waals surface area contributed by atoms with E-state index >= 15 is 0 Å². The van der Waals surface area contributed by atoms with Crippen LogP contribution in [0.3, 0.4) is 0 Å². The third-order valence-electron chi connectivity index (χ3n) is 5.34. The van der Waals surface area contributed by atoms with E-state index in [9.17, 15) is 0 Å². The summed E-state index contributed by atoms with van der Waals surface area (Å²) in [6.07, 6.45) is 9.61. The van der Waals surface area contributed by atoms with Crippen molar-refractivity contribution >= 4 is 0 Å². The van der Waals surface area contributed by atoms with Crippen molar-refractivity contribution in [3.05, 3.63) is 0 Å². The van der Waals surface area contributed by atoms with Crippen LogP contribution in [-0.4, -0.2) is 62.2 Å². The van der Waals surface area contributed by atoms with E-state index < -0.39 is 0 Å². The Hall–Kier alpha value is -0.120. The molecule has 0 aromatic rings. The first-order valence-electron chi connectivity index (χ1n) is 8.81. The van der Waals surface area contributed by atoms with Crippen LogP contribution in [0.2, 0.25) is 0 Å².